The van der Waals surface area contributed by atoms with Gasteiger partial charge in [-0.25, -0.2) is 13.4 Å². The third-order valence-electron chi connectivity index (χ3n) is 2.77. The molecule has 0 radical (unpaired) electrons. The van der Waals surface area contributed by atoms with E-state index in [2.05, 4.69) is 17.2 Å². The van der Waals surface area contributed by atoms with Crippen molar-refractivity contribution in [2.24, 2.45) is 0 Å². The molecule has 4 nitrogen and oxygen atoms in total. The number of hydrogen-bond acceptors (Lipinski definition) is 5. The Balaban J connectivity index is 2.56. The third kappa shape index (κ3) is 4.66. The molecular formula is C12H22N2O2S2. The molecule has 1 aromatic rings. The fraction of sp³-hybridized carbons (Fsp3) is 0.750. The van der Waals surface area contributed by atoms with Gasteiger partial charge in [0.05, 0.1) is 11.8 Å². The standard InChI is InChI=1S/C12H22N2O2S2/c1-5-11-7-13-12(17-11)10(4)14-9(3)8-18(15,16)6-2/h7,9-10,14H,5-6,8H2,1-4H3. The minimum atomic E-state index is -2.93. The summed E-state index contributed by atoms with van der Waals surface area (Å²) in [5.74, 6) is 0.379. The first-order valence-electron chi connectivity index (χ1n) is 6.29. The Labute approximate surface area is 114 Å². The van der Waals surface area contributed by atoms with Gasteiger partial charge in [-0.05, 0) is 20.3 Å². The highest BCUT2D eigenvalue weighted by Crippen LogP contribution is 2.20. The largest absolute Gasteiger partial charge is 0.305 e. The predicted molar refractivity (Wildman–Crippen MR) is 76.8 cm³/mol. The minimum absolute atomic E-state index is 0.0565. The lowest BCUT2D eigenvalue weighted by Gasteiger charge is -2.18. The summed E-state index contributed by atoms with van der Waals surface area (Å²) in [5.41, 5.74) is 0. The van der Waals surface area contributed by atoms with Crippen LogP contribution in [0.5, 0.6) is 0 Å². The van der Waals surface area contributed by atoms with Crippen molar-refractivity contribution in [1.29, 1.82) is 0 Å². The quantitative estimate of drug-likeness (QED) is 0.836. The summed E-state index contributed by atoms with van der Waals surface area (Å²) in [6, 6.07) is 0.0382. The summed E-state index contributed by atoms with van der Waals surface area (Å²) in [7, 11) is -2.93. The first-order chi connectivity index (χ1) is 8.38. The zero-order valence-corrected chi connectivity index (χ0v) is 13.1. The van der Waals surface area contributed by atoms with Crippen LogP contribution in [0.3, 0.4) is 0 Å². The normalized spacial score (nSPS) is 15.6. The van der Waals surface area contributed by atoms with Crippen molar-refractivity contribution in [3.8, 4) is 0 Å². The maximum atomic E-state index is 11.5. The highest BCUT2D eigenvalue weighted by Gasteiger charge is 2.17. The van der Waals surface area contributed by atoms with E-state index in [9.17, 15) is 8.42 Å². The highest BCUT2D eigenvalue weighted by atomic mass is 32.2. The molecule has 1 aromatic heterocycles. The smallest absolute Gasteiger partial charge is 0.151 e. The van der Waals surface area contributed by atoms with Gasteiger partial charge >= 0.3 is 0 Å². The van der Waals surface area contributed by atoms with Gasteiger partial charge in [0.2, 0.25) is 0 Å². The van der Waals surface area contributed by atoms with Crippen LogP contribution in [-0.4, -0.2) is 30.9 Å². The van der Waals surface area contributed by atoms with Crippen LogP contribution < -0.4 is 5.32 Å². The van der Waals surface area contributed by atoms with E-state index >= 15 is 0 Å². The molecule has 0 aromatic carbocycles. The maximum Gasteiger partial charge on any atom is 0.151 e. The maximum absolute atomic E-state index is 11.5. The number of nitrogens with zero attached hydrogens (tertiary/aromatic N) is 1. The third-order valence-corrected chi connectivity index (χ3v) is 5.98. The topological polar surface area (TPSA) is 59.1 Å². The average molecular weight is 290 g/mol. The van der Waals surface area contributed by atoms with Crippen molar-refractivity contribution in [3.05, 3.63) is 16.1 Å². The van der Waals surface area contributed by atoms with Gasteiger partial charge in [-0.15, -0.1) is 11.3 Å². The molecule has 0 saturated heterocycles. The Hall–Kier alpha value is -0.460. The molecule has 2 atom stereocenters. The van der Waals surface area contributed by atoms with Crippen molar-refractivity contribution in [1.82, 2.24) is 10.3 Å². The molecule has 0 aliphatic rings. The number of rotatable bonds is 7. The number of nitrogens with one attached hydrogen (secondary N) is 1. The molecular weight excluding hydrogens is 268 g/mol. The SMILES string of the molecule is CCc1cnc(C(C)NC(C)CS(=O)(=O)CC)s1. The Bertz CT molecular complexity index is 468. The Morgan fingerprint density at radius 1 is 1.39 bits per heavy atom. The number of aryl methyl sites for hydroxylation is 1. The van der Waals surface area contributed by atoms with Crippen molar-refractivity contribution >= 4 is 21.2 Å². The number of hydrogen-bond donors (Lipinski definition) is 1. The Morgan fingerprint density at radius 2 is 2.06 bits per heavy atom. The molecule has 0 aliphatic carbocycles. The van der Waals surface area contributed by atoms with E-state index in [1.54, 1.807) is 18.3 Å². The lowest BCUT2D eigenvalue weighted by Crippen LogP contribution is -2.35. The van der Waals surface area contributed by atoms with E-state index in [1.807, 2.05) is 20.0 Å². The van der Waals surface area contributed by atoms with E-state index in [-0.39, 0.29) is 23.6 Å². The summed E-state index contributed by atoms with van der Waals surface area (Å²) in [4.78, 5) is 5.62. The van der Waals surface area contributed by atoms with Gasteiger partial charge < -0.3 is 5.32 Å². The summed E-state index contributed by atoms with van der Waals surface area (Å²) >= 11 is 1.68. The van der Waals surface area contributed by atoms with Gasteiger partial charge in [-0.1, -0.05) is 13.8 Å². The monoisotopic (exact) mass is 290 g/mol. The number of sulfone groups is 1. The van der Waals surface area contributed by atoms with Crippen molar-refractivity contribution in [3.63, 3.8) is 0 Å². The number of thiazole rings is 1. The zero-order valence-electron chi connectivity index (χ0n) is 11.4. The van der Waals surface area contributed by atoms with Crippen molar-refractivity contribution < 1.29 is 8.42 Å². The minimum Gasteiger partial charge on any atom is -0.305 e. The van der Waals surface area contributed by atoms with Gasteiger partial charge in [0, 0.05) is 22.9 Å². The molecule has 0 saturated carbocycles. The van der Waals surface area contributed by atoms with E-state index in [0.29, 0.717) is 0 Å². The fourth-order valence-electron chi connectivity index (χ4n) is 1.73. The first kappa shape index (κ1) is 15.6. The van der Waals surface area contributed by atoms with Crippen LogP contribution >= 0.6 is 11.3 Å². The molecule has 1 N–H and O–H groups in total. The molecule has 0 amide bonds. The highest BCUT2D eigenvalue weighted by molar-refractivity contribution is 7.91. The predicted octanol–water partition coefficient (Wildman–Crippen LogP) is 2.18. The average Bonchev–Trinajstić information content (AvgIpc) is 2.76. The van der Waals surface area contributed by atoms with Crippen LogP contribution in [0.1, 0.15) is 43.6 Å². The first-order valence-corrected chi connectivity index (χ1v) is 8.92. The second-order valence-corrected chi connectivity index (χ2v) is 8.05. The van der Waals surface area contributed by atoms with Gasteiger partial charge in [0.15, 0.2) is 9.84 Å². The van der Waals surface area contributed by atoms with Crippen molar-refractivity contribution in [2.75, 3.05) is 11.5 Å². The van der Waals surface area contributed by atoms with Gasteiger partial charge in [-0.2, -0.15) is 0 Å². The van der Waals surface area contributed by atoms with E-state index < -0.39 is 9.84 Å². The Morgan fingerprint density at radius 3 is 2.56 bits per heavy atom. The summed E-state index contributed by atoms with van der Waals surface area (Å²) in [5, 5.41) is 4.31. The summed E-state index contributed by atoms with van der Waals surface area (Å²) < 4.78 is 23.1. The van der Waals surface area contributed by atoms with E-state index in [0.717, 1.165) is 11.4 Å². The fourth-order valence-corrected chi connectivity index (χ4v) is 3.69. The second kappa shape index (κ2) is 6.63. The van der Waals surface area contributed by atoms with Crippen LogP contribution in [0, 0.1) is 0 Å². The van der Waals surface area contributed by atoms with Crippen molar-refractivity contribution in [2.45, 2.75) is 46.2 Å². The van der Waals surface area contributed by atoms with Crippen LogP contribution in [0.4, 0.5) is 0 Å². The van der Waals surface area contributed by atoms with E-state index in [4.69, 9.17) is 0 Å². The molecule has 0 aliphatic heterocycles. The zero-order chi connectivity index (χ0) is 13.8. The van der Waals surface area contributed by atoms with Gasteiger partial charge in [0.25, 0.3) is 0 Å². The Kier molecular flexibility index (Phi) is 5.75. The van der Waals surface area contributed by atoms with Crippen LogP contribution in [0.2, 0.25) is 0 Å². The molecule has 6 heteroatoms. The second-order valence-electron chi connectivity index (χ2n) is 4.51. The molecule has 18 heavy (non-hydrogen) atoms. The molecule has 1 heterocycles. The summed E-state index contributed by atoms with van der Waals surface area (Å²) in [6.45, 7) is 7.71. The summed E-state index contributed by atoms with van der Waals surface area (Å²) in [6.07, 6.45) is 2.88. The molecule has 104 valence electrons. The van der Waals surface area contributed by atoms with Crippen LogP contribution in [-0.2, 0) is 16.3 Å². The van der Waals surface area contributed by atoms with Crippen LogP contribution in [0.25, 0.3) is 0 Å². The lowest BCUT2D eigenvalue weighted by molar-refractivity contribution is 0.498. The number of aromatic nitrogens is 1. The lowest BCUT2D eigenvalue weighted by atomic mass is 10.3. The molecule has 0 bridgehead atoms. The molecule has 0 spiro atoms. The van der Waals surface area contributed by atoms with Gasteiger partial charge in [-0.3, -0.25) is 0 Å². The molecule has 1 rings (SSSR count). The van der Waals surface area contributed by atoms with Crippen LogP contribution in [0.15, 0.2) is 6.20 Å². The molecule has 0 fully saturated rings. The van der Waals surface area contributed by atoms with Gasteiger partial charge in [0.1, 0.15) is 5.01 Å². The van der Waals surface area contributed by atoms with E-state index in [1.165, 1.54) is 4.88 Å². The molecule has 2 unspecified atom stereocenters.